The van der Waals surface area contributed by atoms with Gasteiger partial charge in [0.05, 0.1) is 9.95 Å². The largest absolute Gasteiger partial charge is 0.366 e. The van der Waals surface area contributed by atoms with Crippen LogP contribution in [0.3, 0.4) is 0 Å². The molecule has 0 saturated heterocycles. The van der Waals surface area contributed by atoms with Crippen molar-refractivity contribution in [3.05, 3.63) is 43.9 Å². The number of nitro groups is 1. The number of nitrogens with two attached hydrogens (primary N) is 1. The Labute approximate surface area is 101 Å². The lowest BCUT2D eigenvalue weighted by atomic mass is 10.2. The lowest BCUT2D eigenvalue weighted by Gasteiger charge is -2.00. The smallest absolute Gasteiger partial charge is 0.290 e. The molecular weight excluding hydrogens is 255 g/mol. The number of nitro benzene ring substituents is 1. The van der Waals surface area contributed by atoms with Crippen molar-refractivity contribution in [1.29, 1.82) is 0 Å². The number of amides is 1. The van der Waals surface area contributed by atoms with Crippen LogP contribution in [0.25, 0.3) is 6.08 Å². The average molecular weight is 261 g/mol. The van der Waals surface area contributed by atoms with Crippen LogP contribution in [0.4, 0.5) is 5.69 Å². The zero-order chi connectivity index (χ0) is 12.3. The fraction of sp³-hybridized carbons (Fsp3) is 0. The van der Waals surface area contributed by atoms with Gasteiger partial charge in [-0.2, -0.15) is 0 Å². The monoisotopic (exact) mass is 260 g/mol. The molecule has 5 nitrogen and oxygen atoms in total. The van der Waals surface area contributed by atoms with E-state index >= 15 is 0 Å². The third-order valence-corrected chi connectivity index (χ3v) is 2.46. The number of rotatable bonds is 3. The van der Waals surface area contributed by atoms with Gasteiger partial charge in [-0.25, -0.2) is 0 Å². The van der Waals surface area contributed by atoms with Gasteiger partial charge >= 0.3 is 0 Å². The van der Waals surface area contributed by atoms with E-state index in [9.17, 15) is 14.9 Å². The maximum atomic E-state index is 10.6. The Balaban J connectivity index is 3.24. The summed E-state index contributed by atoms with van der Waals surface area (Å²) in [5.74, 6) is -0.659. The SMILES string of the molecule is NC(=O)/C=C/c1cc(Cl)c(Cl)c([N+](=O)[O-])c1. The summed E-state index contributed by atoms with van der Waals surface area (Å²) in [4.78, 5) is 20.4. The first kappa shape index (κ1) is 12.5. The number of primary amides is 1. The Morgan fingerprint density at radius 2 is 2.06 bits per heavy atom. The summed E-state index contributed by atoms with van der Waals surface area (Å²) >= 11 is 11.3. The van der Waals surface area contributed by atoms with Gasteiger partial charge in [-0.1, -0.05) is 23.2 Å². The van der Waals surface area contributed by atoms with Crippen molar-refractivity contribution in [2.75, 3.05) is 0 Å². The third kappa shape index (κ3) is 2.95. The minimum Gasteiger partial charge on any atom is -0.366 e. The van der Waals surface area contributed by atoms with Gasteiger partial charge in [0, 0.05) is 12.1 Å². The Kier molecular flexibility index (Phi) is 3.87. The number of carbonyl (C=O) groups is 1. The highest BCUT2D eigenvalue weighted by molar-refractivity contribution is 6.43. The van der Waals surface area contributed by atoms with E-state index in [4.69, 9.17) is 28.9 Å². The number of hydrogen-bond acceptors (Lipinski definition) is 3. The van der Waals surface area contributed by atoms with Crippen LogP contribution in [0.2, 0.25) is 10.0 Å². The molecule has 1 rings (SSSR count). The molecule has 0 radical (unpaired) electrons. The molecule has 7 heteroatoms. The molecule has 0 unspecified atom stereocenters. The van der Waals surface area contributed by atoms with Gasteiger partial charge in [0.25, 0.3) is 5.69 Å². The van der Waals surface area contributed by atoms with E-state index in [0.717, 1.165) is 6.08 Å². The van der Waals surface area contributed by atoms with Gasteiger partial charge in [0.2, 0.25) is 5.91 Å². The van der Waals surface area contributed by atoms with Gasteiger partial charge in [0.1, 0.15) is 5.02 Å². The van der Waals surface area contributed by atoms with Crippen molar-refractivity contribution in [3.8, 4) is 0 Å². The zero-order valence-corrected chi connectivity index (χ0v) is 9.33. The van der Waals surface area contributed by atoms with Gasteiger partial charge < -0.3 is 5.73 Å². The van der Waals surface area contributed by atoms with Crippen LogP contribution in [0.1, 0.15) is 5.56 Å². The van der Waals surface area contributed by atoms with Crippen molar-refractivity contribution in [3.63, 3.8) is 0 Å². The van der Waals surface area contributed by atoms with Crippen molar-refractivity contribution in [2.45, 2.75) is 0 Å². The van der Waals surface area contributed by atoms with E-state index in [1.54, 1.807) is 0 Å². The Morgan fingerprint density at radius 3 is 2.56 bits per heavy atom. The molecule has 0 spiro atoms. The number of nitrogens with zero attached hydrogens (tertiary/aromatic N) is 1. The molecule has 0 bridgehead atoms. The normalized spacial score (nSPS) is 10.6. The third-order valence-electron chi connectivity index (χ3n) is 1.67. The number of benzene rings is 1. The van der Waals surface area contributed by atoms with E-state index in [1.807, 2.05) is 0 Å². The van der Waals surface area contributed by atoms with E-state index in [-0.39, 0.29) is 15.7 Å². The molecule has 0 aliphatic heterocycles. The minimum absolute atomic E-state index is 0.0417. The summed E-state index contributed by atoms with van der Waals surface area (Å²) in [6.45, 7) is 0. The highest BCUT2D eigenvalue weighted by Crippen LogP contribution is 2.33. The summed E-state index contributed by atoms with van der Waals surface area (Å²) in [5, 5.41) is 10.5. The summed E-state index contributed by atoms with van der Waals surface area (Å²) in [5.41, 5.74) is 4.94. The molecule has 0 fully saturated rings. The van der Waals surface area contributed by atoms with Crippen LogP contribution in [0.5, 0.6) is 0 Å². The predicted octanol–water partition coefficient (Wildman–Crippen LogP) is 2.40. The standard InChI is InChI=1S/C9H6Cl2N2O3/c10-6-3-5(1-2-8(12)14)4-7(9(6)11)13(15)16/h1-4H,(H2,12,14)/b2-1+. The molecule has 84 valence electrons. The molecule has 1 aromatic rings. The Hall–Kier alpha value is -1.59. The van der Waals surface area contributed by atoms with Gasteiger partial charge in [-0.05, 0) is 17.7 Å². The van der Waals surface area contributed by atoms with E-state index in [1.165, 1.54) is 18.2 Å². The predicted molar refractivity (Wildman–Crippen MR) is 61.3 cm³/mol. The molecule has 0 heterocycles. The number of hydrogen-bond donors (Lipinski definition) is 1. The molecular formula is C9H6Cl2N2O3. The molecule has 2 N–H and O–H groups in total. The van der Waals surface area contributed by atoms with Crippen molar-refractivity contribution < 1.29 is 9.72 Å². The van der Waals surface area contributed by atoms with Crippen molar-refractivity contribution in [1.82, 2.24) is 0 Å². The second-order valence-electron chi connectivity index (χ2n) is 2.83. The highest BCUT2D eigenvalue weighted by atomic mass is 35.5. The Morgan fingerprint density at radius 1 is 1.44 bits per heavy atom. The van der Waals surface area contributed by atoms with E-state index in [0.29, 0.717) is 5.56 Å². The molecule has 0 aliphatic rings. The quantitative estimate of drug-likeness (QED) is 0.514. The maximum Gasteiger partial charge on any atom is 0.290 e. The van der Waals surface area contributed by atoms with E-state index < -0.39 is 10.8 Å². The van der Waals surface area contributed by atoms with E-state index in [2.05, 4.69) is 0 Å². The molecule has 0 aliphatic carbocycles. The second kappa shape index (κ2) is 4.96. The topological polar surface area (TPSA) is 86.2 Å². The van der Waals surface area contributed by atoms with Crippen molar-refractivity contribution in [2.24, 2.45) is 5.73 Å². The summed E-state index contributed by atoms with van der Waals surface area (Å²) in [6, 6.07) is 2.60. The van der Waals surface area contributed by atoms with Crippen LogP contribution in [-0.2, 0) is 4.79 Å². The average Bonchev–Trinajstić information content (AvgIpc) is 2.19. The molecule has 0 saturated carbocycles. The fourth-order valence-electron chi connectivity index (χ4n) is 1.00. The van der Waals surface area contributed by atoms with Crippen molar-refractivity contribution >= 4 is 40.9 Å². The van der Waals surface area contributed by atoms with Gasteiger partial charge in [-0.3, -0.25) is 14.9 Å². The van der Waals surface area contributed by atoms with Crippen LogP contribution in [-0.4, -0.2) is 10.8 Å². The summed E-state index contributed by atoms with van der Waals surface area (Å²) in [7, 11) is 0. The number of carbonyl (C=O) groups excluding carboxylic acids is 1. The maximum absolute atomic E-state index is 10.6. The van der Waals surface area contributed by atoms with Gasteiger partial charge in [-0.15, -0.1) is 0 Å². The Bertz CT molecular complexity index is 486. The fourth-order valence-corrected chi connectivity index (χ4v) is 1.40. The van der Waals surface area contributed by atoms with Crippen LogP contribution >= 0.6 is 23.2 Å². The molecule has 1 amide bonds. The van der Waals surface area contributed by atoms with Gasteiger partial charge in [0.15, 0.2) is 0 Å². The van der Waals surface area contributed by atoms with Crippen LogP contribution in [0.15, 0.2) is 18.2 Å². The molecule has 16 heavy (non-hydrogen) atoms. The lowest BCUT2D eigenvalue weighted by Crippen LogP contribution is -2.05. The highest BCUT2D eigenvalue weighted by Gasteiger charge is 2.16. The summed E-state index contributed by atoms with van der Waals surface area (Å²) in [6.07, 6.45) is 2.39. The van der Waals surface area contributed by atoms with Crippen LogP contribution in [0, 0.1) is 10.1 Å². The molecule has 0 atom stereocenters. The summed E-state index contributed by atoms with van der Waals surface area (Å²) < 4.78 is 0. The molecule has 0 aromatic heterocycles. The molecule has 1 aromatic carbocycles. The lowest BCUT2D eigenvalue weighted by molar-refractivity contribution is -0.384. The zero-order valence-electron chi connectivity index (χ0n) is 7.81. The second-order valence-corrected chi connectivity index (χ2v) is 3.61. The first-order valence-electron chi connectivity index (χ1n) is 4.02. The first-order valence-corrected chi connectivity index (χ1v) is 4.78. The minimum atomic E-state index is -0.659. The first-order chi connectivity index (χ1) is 7.41. The van der Waals surface area contributed by atoms with Crippen LogP contribution < -0.4 is 5.73 Å². The number of halogens is 2.